The van der Waals surface area contributed by atoms with Crippen molar-refractivity contribution in [2.75, 3.05) is 6.54 Å². The topological polar surface area (TPSA) is 111 Å². The zero-order valence-corrected chi connectivity index (χ0v) is 18.3. The summed E-state index contributed by atoms with van der Waals surface area (Å²) in [5, 5.41) is 8.72. The van der Waals surface area contributed by atoms with Crippen LogP contribution in [0.2, 0.25) is 0 Å². The lowest BCUT2D eigenvalue weighted by Gasteiger charge is -2.03. The first-order valence-corrected chi connectivity index (χ1v) is 11.1. The second-order valence-electron chi connectivity index (χ2n) is 6.22. The summed E-state index contributed by atoms with van der Waals surface area (Å²) in [5.41, 5.74) is 2.50. The average Bonchev–Trinajstić information content (AvgIpc) is 3.20. The SMILES string of the molecule is Cc1ccc(/C=C/S(=O)(=O)NCC(=O)OCc2nnc(-c3ccccc3Br)o2)cc1. The molecule has 0 amide bonds. The molecule has 0 spiro atoms. The summed E-state index contributed by atoms with van der Waals surface area (Å²) in [6.45, 7) is 1.15. The maximum absolute atomic E-state index is 12.0. The van der Waals surface area contributed by atoms with Crippen molar-refractivity contribution in [3.63, 3.8) is 0 Å². The van der Waals surface area contributed by atoms with Crippen molar-refractivity contribution in [3.8, 4) is 11.5 Å². The lowest BCUT2D eigenvalue weighted by Crippen LogP contribution is -2.29. The zero-order chi connectivity index (χ0) is 21.6. The highest BCUT2D eigenvalue weighted by Gasteiger charge is 2.14. The van der Waals surface area contributed by atoms with Crippen LogP contribution >= 0.6 is 15.9 Å². The highest BCUT2D eigenvalue weighted by molar-refractivity contribution is 9.10. The van der Waals surface area contributed by atoms with E-state index < -0.39 is 22.5 Å². The van der Waals surface area contributed by atoms with E-state index in [1.54, 1.807) is 18.2 Å². The van der Waals surface area contributed by atoms with E-state index in [1.807, 2.05) is 37.3 Å². The average molecular weight is 492 g/mol. The lowest BCUT2D eigenvalue weighted by atomic mass is 10.2. The Hall–Kier alpha value is -2.82. The Morgan fingerprint density at radius 3 is 2.63 bits per heavy atom. The summed E-state index contributed by atoms with van der Waals surface area (Å²) in [4.78, 5) is 11.8. The number of aryl methyl sites for hydroxylation is 1. The number of esters is 1. The quantitative estimate of drug-likeness (QED) is 0.480. The molecule has 1 heterocycles. The molecule has 1 aromatic heterocycles. The van der Waals surface area contributed by atoms with E-state index in [4.69, 9.17) is 9.15 Å². The predicted octanol–water partition coefficient (Wildman–Crippen LogP) is 3.44. The number of carbonyl (C=O) groups excluding carboxylic acids is 1. The first-order valence-electron chi connectivity index (χ1n) is 8.80. The van der Waals surface area contributed by atoms with Crippen molar-refractivity contribution in [2.24, 2.45) is 0 Å². The molecular formula is C20H18BrN3O5S. The number of ether oxygens (including phenoxy) is 1. The summed E-state index contributed by atoms with van der Waals surface area (Å²) in [6.07, 6.45) is 1.44. The van der Waals surface area contributed by atoms with Crippen molar-refractivity contribution >= 4 is 38.0 Å². The molecule has 3 rings (SSSR count). The Morgan fingerprint density at radius 2 is 1.90 bits per heavy atom. The minimum atomic E-state index is -3.79. The number of nitrogens with zero attached hydrogens (tertiary/aromatic N) is 2. The van der Waals surface area contributed by atoms with Gasteiger partial charge in [-0.1, -0.05) is 42.0 Å². The van der Waals surface area contributed by atoms with E-state index in [0.717, 1.165) is 21.0 Å². The summed E-state index contributed by atoms with van der Waals surface area (Å²) >= 11 is 3.39. The summed E-state index contributed by atoms with van der Waals surface area (Å²) in [5.74, 6) is -0.408. The molecule has 2 aromatic carbocycles. The van der Waals surface area contributed by atoms with Crippen LogP contribution in [0.3, 0.4) is 0 Å². The smallest absolute Gasteiger partial charge is 0.321 e. The van der Waals surface area contributed by atoms with Gasteiger partial charge in [0.05, 0.1) is 5.56 Å². The van der Waals surface area contributed by atoms with Crippen molar-refractivity contribution in [3.05, 3.63) is 75.4 Å². The van der Waals surface area contributed by atoms with Gasteiger partial charge in [0.2, 0.25) is 15.9 Å². The van der Waals surface area contributed by atoms with Crippen LogP contribution in [0.4, 0.5) is 0 Å². The normalized spacial score (nSPS) is 11.7. The van der Waals surface area contributed by atoms with E-state index in [0.29, 0.717) is 5.56 Å². The first kappa shape index (κ1) is 21.9. The van der Waals surface area contributed by atoms with Crippen LogP contribution in [0.15, 0.2) is 62.8 Å². The third kappa shape index (κ3) is 6.34. The largest absolute Gasteiger partial charge is 0.455 e. The molecule has 0 radical (unpaired) electrons. The van der Waals surface area contributed by atoms with Gasteiger partial charge in [-0.2, -0.15) is 0 Å². The fourth-order valence-electron chi connectivity index (χ4n) is 2.30. The third-order valence-corrected chi connectivity index (χ3v) is 5.60. The molecule has 10 heteroatoms. The number of rotatable bonds is 8. The van der Waals surface area contributed by atoms with Gasteiger partial charge in [0.1, 0.15) is 6.54 Å². The summed E-state index contributed by atoms with van der Waals surface area (Å²) in [6, 6.07) is 14.6. The molecule has 0 unspecified atom stereocenters. The molecule has 0 saturated carbocycles. The number of nitrogens with one attached hydrogen (secondary N) is 1. The molecular weight excluding hydrogens is 474 g/mol. The van der Waals surface area contributed by atoms with Crippen molar-refractivity contribution < 1.29 is 22.4 Å². The Morgan fingerprint density at radius 1 is 1.17 bits per heavy atom. The fraction of sp³-hybridized carbons (Fsp3) is 0.150. The van der Waals surface area contributed by atoms with E-state index in [-0.39, 0.29) is 18.4 Å². The highest BCUT2D eigenvalue weighted by Crippen LogP contribution is 2.26. The molecule has 30 heavy (non-hydrogen) atoms. The van der Waals surface area contributed by atoms with Crippen LogP contribution in [0.25, 0.3) is 17.5 Å². The number of carbonyl (C=O) groups is 1. The lowest BCUT2D eigenvalue weighted by molar-refractivity contribution is -0.144. The second kappa shape index (κ2) is 9.79. The highest BCUT2D eigenvalue weighted by atomic mass is 79.9. The van der Waals surface area contributed by atoms with Crippen LogP contribution in [-0.2, 0) is 26.2 Å². The first-order chi connectivity index (χ1) is 14.3. The molecule has 0 aliphatic rings. The van der Waals surface area contributed by atoms with Crippen LogP contribution < -0.4 is 4.72 Å². The Kier molecular flexibility index (Phi) is 7.14. The number of sulfonamides is 1. The number of benzene rings is 2. The van der Waals surface area contributed by atoms with Crippen LogP contribution in [0.5, 0.6) is 0 Å². The van der Waals surface area contributed by atoms with Gasteiger partial charge in [0.25, 0.3) is 5.89 Å². The van der Waals surface area contributed by atoms with Gasteiger partial charge >= 0.3 is 5.97 Å². The molecule has 1 N–H and O–H groups in total. The van der Waals surface area contributed by atoms with Gasteiger partial charge in [0, 0.05) is 9.88 Å². The minimum Gasteiger partial charge on any atom is -0.455 e. The van der Waals surface area contributed by atoms with Crippen molar-refractivity contribution in [1.29, 1.82) is 0 Å². The number of hydrogen-bond acceptors (Lipinski definition) is 7. The van der Waals surface area contributed by atoms with Crippen molar-refractivity contribution in [1.82, 2.24) is 14.9 Å². The maximum Gasteiger partial charge on any atom is 0.321 e. The van der Waals surface area contributed by atoms with Gasteiger partial charge in [-0.25, -0.2) is 13.1 Å². The fourth-order valence-corrected chi connectivity index (χ4v) is 3.51. The molecule has 156 valence electrons. The van der Waals surface area contributed by atoms with Crippen LogP contribution in [0.1, 0.15) is 17.0 Å². The van der Waals surface area contributed by atoms with Gasteiger partial charge in [0.15, 0.2) is 6.61 Å². The van der Waals surface area contributed by atoms with E-state index in [9.17, 15) is 13.2 Å². The Balaban J connectivity index is 1.49. The standard InChI is InChI=1S/C20H18BrN3O5S/c1-14-6-8-15(9-7-14)10-11-30(26,27)22-12-19(25)28-13-18-23-24-20(29-18)16-4-2-3-5-17(16)21/h2-11,22H,12-13H2,1H3/b11-10+. The molecule has 3 aromatic rings. The van der Waals surface area contributed by atoms with Gasteiger partial charge in [-0.05, 0) is 46.6 Å². The molecule has 0 atom stereocenters. The molecule has 0 aliphatic heterocycles. The predicted molar refractivity (Wildman–Crippen MR) is 114 cm³/mol. The summed E-state index contributed by atoms with van der Waals surface area (Å²) < 4.78 is 37.4. The van der Waals surface area contributed by atoms with E-state index >= 15 is 0 Å². The van der Waals surface area contributed by atoms with E-state index in [1.165, 1.54) is 6.08 Å². The van der Waals surface area contributed by atoms with Crippen molar-refractivity contribution in [2.45, 2.75) is 13.5 Å². The van der Waals surface area contributed by atoms with Crippen LogP contribution in [-0.4, -0.2) is 31.1 Å². The molecule has 0 aliphatic carbocycles. The monoisotopic (exact) mass is 491 g/mol. The Bertz CT molecular complexity index is 1160. The molecule has 0 fully saturated rings. The molecule has 0 bridgehead atoms. The van der Waals surface area contributed by atoms with E-state index in [2.05, 4.69) is 30.8 Å². The minimum absolute atomic E-state index is 0.0937. The second-order valence-corrected chi connectivity index (χ2v) is 8.73. The maximum atomic E-state index is 12.0. The Labute approximate surface area is 182 Å². The molecule has 8 nitrogen and oxygen atoms in total. The number of hydrogen-bond donors (Lipinski definition) is 1. The van der Waals surface area contributed by atoms with Gasteiger partial charge in [-0.15, -0.1) is 10.2 Å². The molecule has 0 saturated heterocycles. The summed E-state index contributed by atoms with van der Waals surface area (Å²) in [7, 11) is -3.79. The zero-order valence-electron chi connectivity index (χ0n) is 15.9. The van der Waals surface area contributed by atoms with Crippen LogP contribution in [0, 0.1) is 6.92 Å². The third-order valence-electron chi connectivity index (χ3n) is 3.86. The number of halogens is 1. The van der Waals surface area contributed by atoms with Gasteiger partial charge < -0.3 is 9.15 Å². The van der Waals surface area contributed by atoms with Gasteiger partial charge in [-0.3, -0.25) is 4.79 Å². The number of aromatic nitrogens is 2.